The highest BCUT2D eigenvalue weighted by molar-refractivity contribution is 7.99. The monoisotopic (exact) mass is 164 g/mol. The molecule has 0 aromatic heterocycles. The Morgan fingerprint density at radius 1 is 1.40 bits per heavy atom. The molecule has 0 rings (SSSR count). The van der Waals surface area contributed by atoms with Gasteiger partial charge in [0.25, 0.3) is 0 Å². The second-order valence-electron chi connectivity index (χ2n) is 2.29. The summed E-state index contributed by atoms with van der Waals surface area (Å²) in [5.74, 6) is 6.99. The van der Waals surface area contributed by atoms with E-state index in [0.29, 0.717) is 6.61 Å². The van der Waals surface area contributed by atoms with Crippen molar-refractivity contribution in [1.82, 2.24) is 4.90 Å². The normalized spacial score (nSPS) is 10.8. The summed E-state index contributed by atoms with van der Waals surface area (Å²) < 4.78 is 0. The Kier molecular flexibility index (Phi) is 7.51. The predicted molar refractivity (Wildman–Crippen MR) is 46.0 cm³/mol. The van der Waals surface area contributed by atoms with Gasteiger partial charge in [-0.25, -0.2) is 5.90 Å². The van der Waals surface area contributed by atoms with Crippen molar-refractivity contribution in [2.45, 2.75) is 0 Å². The van der Waals surface area contributed by atoms with Gasteiger partial charge in [0.05, 0.1) is 6.61 Å². The molecule has 0 saturated carbocycles. The van der Waals surface area contributed by atoms with Crippen LogP contribution in [0.1, 0.15) is 0 Å². The number of rotatable bonds is 6. The minimum Gasteiger partial charge on any atom is -0.309 e. The summed E-state index contributed by atoms with van der Waals surface area (Å²) in [6.07, 6.45) is 0. The van der Waals surface area contributed by atoms with Crippen LogP contribution in [0.2, 0.25) is 0 Å². The van der Waals surface area contributed by atoms with Crippen molar-refractivity contribution in [1.29, 1.82) is 0 Å². The highest BCUT2D eigenvalue weighted by atomic mass is 32.2. The second kappa shape index (κ2) is 7.34. The zero-order valence-corrected chi connectivity index (χ0v) is 7.49. The minimum atomic E-state index is 0.651. The van der Waals surface area contributed by atoms with Crippen LogP contribution in [0.5, 0.6) is 0 Å². The Morgan fingerprint density at radius 2 is 2.10 bits per heavy atom. The lowest BCUT2D eigenvalue weighted by Gasteiger charge is -2.07. The molecule has 0 spiro atoms. The molecule has 62 valence electrons. The van der Waals surface area contributed by atoms with E-state index in [-0.39, 0.29) is 0 Å². The quantitative estimate of drug-likeness (QED) is 0.449. The molecule has 0 aliphatic carbocycles. The molecule has 0 aromatic carbocycles. The lowest BCUT2D eigenvalue weighted by Crippen LogP contribution is -2.15. The molecule has 10 heavy (non-hydrogen) atoms. The smallest absolute Gasteiger partial charge is 0.0769 e. The summed E-state index contributed by atoms with van der Waals surface area (Å²) in [6, 6.07) is 0. The Hall–Kier alpha value is 0.230. The van der Waals surface area contributed by atoms with E-state index in [4.69, 9.17) is 5.90 Å². The second-order valence-corrected chi connectivity index (χ2v) is 3.51. The summed E-state index contributed by atoms with van der Waals surface area (Å²) in [6.45, 7) is 1.77. The fourth-order valence-electron chi connectivity index (χ4n) is 0.456. The Morgan fingerprint density at radius 3 is 2.60 bits per heavy atom. The molecule has 0 aliphatic heterocycles. The maximum atomic E-state index is 4.85. The summed E-state index contributed by atoms with van der Waals surface area (Å²) in [4.78, 5) is 6.58. The third kappa shape index (κ3) is 8.23. The van der Waals surface area contributed by atoms with Crippen LogP contribution in [0.25, 0.3) is 0 Å². The van der Waals surface area contributed by atoms with E-state index in [1.54, 1.807) is 0 Å². The van der Waals surface area contributed by atoms with Gasteiger partial charge in [-0.2, -0.15) is 11.8 Å². The molecule has 0 bridgehead atoms. The third-order valence-electron chi connectivity index (χ3n) is 1.03. The van der Waals surface area contributed by atoms with Gasteiger partial charge in [0, 0.05) is 18.1 Å². The first-order valence-electron chi connectivity index (χ1n) is 3.31. The Labute approximate surface area is 66.9 Å². The molecule has 0 radical (unpaired) electrons. The SMILES string of the molecule is CN(C)CCSCCON. The molecule has 0 aromatic rings. The van der Waals surface area contributed by atoms with E-state index in [1.165, 1.54) is 0 Å². The lowest BCUT2D eigenvalue weighted by molar-refractivity contribution is 0.155. The highest BCUT2D eigenvalue weighted by Crippen LogP contribution is 1.97. The van der Waals surface area contributed by atoms with Gasteiger partial charge in [-0.05, 0) is 14.1 Å². The van der Waals surface area contributed by atoms with E-state index in [9.17, 15) is 0 Å². The first-order valence-corrected chi connectivity index (χ1v) is 4.47. The number of hydrogen-bond donors (Lipinski definition) is 1. The van der Waals surface area contributed by atoms with Gasteiger partial charge in [-0.3, -0.25) is 0 Å². The summed E-state index contributed by atoms with van der Waals surface area (Å²) in [5, 5.41) is 0. The van der Waals surface area contributed by atoms with Crippen molar-refractivity contribution in [2.24, 2.45) is 5.90 Å². The highest BCUT2D eigenvalue weighted by Gasteiger charge is 1.90. The Bertz CT molecular complexity index is 70.8. The summed E-state index contributed by atoms with van der Waals surface area (Å²) in [5.41, 5.74) is 0. The first-order chi connectivity index (χ1) is 4.77. The largest absolute Gasteiger partial charge is 0.309 e. The van der Waals surface area contributed by atoms with Crippen molar-refractivity contribution >= 4 is 11.8 Å². The molecule has 0 aliphatic rings. The number of thioether (sulfide) groups is 1. The van der Waals surface area contributed by atoms with Crippen LogP contribution in [0.4, 0.5) is 0 Å². The van der Waals surface area contributed by atoms with E-state index in [0.717, 1.165) is 18.1 Å². The van der Waals surface area contributed by atoms with E-state index in [1.807, 2.05) is 11.8 Å². The van der Waals surface area contributed by atoms with Crippen LogP contribution in [0.15, 0.2) is 0 Å². The number of hydrogen-bond acceptors (Lipinski definition) is 4. The van der Waals surface area contributed by atoms with Crippen molar-refractivity contribution in [3.05, 3.63) is 0 Å². The van der Waals surface area contributed by atoms with Crippen LogP contribution < -0.4 is 5.90 Å². The fraction of sp³-hybridized carbons (Fsp3) is 1.00. The van der Waals surface area contributed by atoms with Gasteiger partial charge in [0.15, 0.2) is 0 Å². The fourth-order valence-corrected chi connectivity index (χ4v) is 1.37. The zero-order valence-electron chi connectivity index (χ0n) is 6.67. The van der Waals surface area contributed by atoms with E-state index >= 15 is 0 Å². The van der Waals surface area contributed by atoms with Gasteiger partial charge in [-0.15, -0.1) is 0 Å². The van der Waals surface area contributed by atoms with Crippen LogP contribution in [-0.2, 0) is 4.84 Å². The Balaban J connectivity index is 2.77. The topological polar surface area (TPSA) is 38.5 Å². The minimum absolute atomic E-state index is 0.651. The average molecular weight is 164 g/mol. The third-order valence-corrected chi connectivity index (χ3v) is 1.95. The van der Waals surface area contributed by atoms with Gasteiger partial charge >= 0.3 is 0 Å². The van der Waals surface area contributed by atoms with Crippen molar-refractivity contribution in [3.8, 4) is 0 Å². The van der Waals surface area contributed by atoms with Crippen molar-refractivity contribution < 1.29 is 4.84 Å². The molecule has 0 unspecified atom stereocenters. The molecule has 0 atom stereocenters. The number of nitrogens with zero attached hydrogens (tertiary/aromatic N) is 1. The molecular formula is C6H16N2OS. The van der Waals surface area contributed by atoms with Crippen LogP contribution in [-0.4, -0.2) is 43.7 Å². The standard InChI is InChI=1S/C6H16N2OS/c1-8(2)3-5-10-6-4-9-7/h3-7H2,1-2H3. The predicted octanol–water partition coefficient (Wildman–Crippen LogP) is 0.172. The molecule has 4 heteroatoms. The molecule has 0 amide bonds. The summed E-state index contributed by atoms with van der Waals surface area (Å²) >= 11 is 1.86. The van der Waals surface area contributed by atoms with Crippen molar-refractivity contribution in [3.63, 3.8) is 0 Å². The molecule has 0 fully saturated rings. The molecule has 0 heterocycles. The average Bonchev–Trinajstić information content (AvgIpc) is 1.87. The van der Waals surface area contributed by atoms with E-state index in [2.05, 4.69) is 23.8 Å². The number of nitrogens with two attached hydrogens (primary N) is 1. The van der Waals surface area contributed by atoms with E-state index < -0.39 is 0 Å². The van der Waals surface area contributed by atoms with Crippen molar-refractivity contribution in [2.75, 3.05) is 38.8 Å². The van der Waals surface area contributed by atoms with Crippen LogP contribution >= 0.6 is 11.8 Å². The van der Waals surface area contributed by atoms with Crippen LogP contribution in [0, 0.1) is 0 Å². The molecule has 3 nitrogen and oxygen atoms in total. The first kappa shape index (κ1) is 10.2. The summed E-state index contributed by atoms with van der Waals surface area (Å²) in [7, 11) is 4.14. The van der Waals surface area contributed by atoms with Gasteiger partial charge in [0.1, 0.15) is 0 Å². The van der Waals surface area contributed by atoms with Gasteiger partial charge < -0.3 is 9.74 Å². The van der Waals surface area contributed by atoms with Gasteiger partial charge in [0.2, 0.25) is 0 Å². The van der Waals surface area contributed by atoms with Gasteiger partial charge in [-0.1, -0.05) is 0 Å². The van der Waals surface area contributed by atoms with Crippen LogP contribution in [0.3, 0.4) is 0 Å². The molecular weight excluding hydrogens is 148 g/mol. The maximum absolute atomic E-state index is 4.85. The zero-order chi connectivity index (χ0) is 7.82. The maximum Gasteiger partial charge on any atom is 0.0769 e. The lowest BCUT2D eigenvalue weighted by atomic mass is 10.7. The molecule has 0 saturated heterocycles. The molecule has 2 N–H and O–H groups in total.